The minimum absolute atomic E-state index is 0.00814. The lowest BCUT2D eigenvalue weighted by Crippen LogP contribution is -2.60. The zero-order chi connectivity index (χ0) is 14.0. The fourth-order valence-electron chi connectivity index (χ4n) is 2.66. The highest BCUT2D eigenvalue weighted by atomic mass is 16.5. The van der Waals surface area contributed by atoms with E-state index in [1.807, 2.05) is 4.90 Å². The summed E-state index contributed by atoms with van der Waals surface area (Å²) in [6.45, 7) is 3.73. The van der Waals surface area contributed by atoms with E-state index in [9.17, 15) is 4.79 Å². The number of piperazine rings is 1. The van der Waals surface area contributed by atoms with Gasteiger partial charge in [0.2, 0.25) is 5.91 Å². The van der Waals surface area contributed by atoms with Gasteiger partial charge in [0.1, 0.15) is 11.4 Å². The molecule has 1 atom stereocenters. The average molecular weight is 277 g/mol. The maximum absolute atomic E-state index is 12.4. The highest BCUT2D eigenvalue weighted by Gasteiger charge is 2.41. The summed E-state index contributed by atoms with van der Waals surface area (Å²) < 4.78 is 5.26. The maximum Gasteiger partial charge on any atom is 0.245 e. The van der Waals surface area contributed by atoms with E-state index in [0.29, 0.717) is 32.7 Å². The van der Waals surface area contributed by atoms with Crippen molar-refractivity contribution in [3.05, 3.63) is 18.6 Å². The van der Waals surface area contributed by atoms with Crippen LogP contribution in [0.1, 0.15) is 6.42 Å². The number of hydrogen-bond donors (Lipinski definition) is 1. The smallest absolute Gasteiger partial charge is 0.245 e. The molecule has 3 heterocycles. The molecule has 108 valence electrons. The molecule has 0 aromatic carbocycles. The van der Waals surface area contributed by atoms with Gasteiger partial charge >= 0.3 is 0 Å². The molecule has 2 fully saturated rings. The SMILES string of the molecule is NC1(C(=O)N2CCN(c3cnccn3)CC2)CCOC1. The lowest BCUT2D eigenvalue weighted by Gasteiger charge is -2.38. The lowest BCUT2D eigenvalue weighted by atomic mass is 9.98. The summed E-state index contributed by atoms with van der Waals surface area (Å²) in [4.78, 5) is 24.8. The number of carbonyl (C=O) groups excluding carboxylic acids is 1. The van der Waals surface area contributed by atoms with E-state index in [1.165, 1.54) is 0 Å². The highest BCUT2D eigenvalue weighted by molar-refractivity contribution is 5.86. The summed E-state index contributed by atoms with van der Waals surface area (Å²) in [5, 5.41) is 0. The van der Waals surface area contributed by atoms with E-state index in [1.54, 1.807) is 18.6 Å². The van der Waals surface area contributed by atoms with Crippen molar-refractivity contribution in [2.45, 2.75) is 12.0 Å². The zero-order valence-electron chi connectivity index (χ0n) is 11.4. The first-order chi connectivity index (χ1) is 9.69. The van der Waals surface area contributed by atoms with E-state index < -0.39 is 5.54 Å². The van der Waals surface area contributed by atoms with Gasteiger partial charge in [-0.2, -0.15) is 0 Å². The molecule has 0 bridgehead atoms. The Morgan fingerprint density at radius 2 is 2.10 bits per heavy atom. The molecule has 1 unspecified atom stereocenters. The van der Waals surface area contributed by atoms with E-state index in [0.717, 1.165) is 18.9 Å². The summed E-state index contributed by atoms with van der Waals surface area (Å²) in [5.74, 6) is 0.861. The van der Waals surface area contributed by atoms with Crippen molar-refractivity contribution in [3.63, 3.8) is 0 Å². The molecule has 1 aromatic heterocycles. The molecule has 0 saturated carbocycles. The third kappa shape index (κ3) is 2.46. The minimum atomic E-state index is -0.825. The number of nitrogens with zero attached hydrogens (tertiary/aromatic N) is 4. The van der Waals surface area contributed by atoms with E-state index in [-0.39, 0.29) is 5.91 Å². The topological polar surface area (TPSA) is 84.6 Å². The van der Waals surface area contributed by atoms with Crippen molar-refractivity contribution in [1.82, 2.24) is 14.9 Å². The fourth-order valence-corrected chi connectivity index (χ4v) is 2.66. The second kappa shape index (κ2) is 5.34. The van der Waals surface area contributed by atoms with Crippen LogP contribution >= 0.6 is 0 Å². The van der Waals surface area contributed by atoms with Gasteiger partial charge in [0.15, 0.2) is 0 Å². The molecule has 0 spiro atoms. The number of hydrogen-bond acceptors (Lipinski definition) is 6. The van der Waals surface area contributed by atoms with Crippen LogP contribution in [0.25, 0.3) is 0 Å². The summed E-state index contributed by atoms with van der Waals surface area (Å²) >= 11 is 0. The number of carbonyl (C=O) groups is 1. The molecule has 20 heavy (non-hydrogen) atoms. The monoisotopic (exact) mass is 277 g/mol. The van der Waals surface area contributed by atoms with Gasteiger partial charge in [-0.1, -0.05) is 0 Å². The highest BCUT2D eigenvalue weighted by Crippen LogP contribution is 2.20. The quantitative estimate of drug-likeness (QED) is 0.765. The largest absolute Gasteiger partial charge is 0.379 e. The normalized spacial score (nSPS) is 26.9. The summed E-state index contributed by atoms with van der Waals surface area (Å²) in [6.07, 6.45) is 5.68. The number of rotatable bonds is 2. The van der Waals surface area contributed by atoms with Crippen LogP contribution < -0.4 is 10.6 Å². The molecule has 2 aliphatic rings. The summed E-state index contributed by atoms with van der Waals surface area (Å²) in [6, 6.07) is 0. The molecular weight excluding hydrogens is 258 g/mol. The molecule has 2 saturated heterocycles. The van der Waals surface area contributed by atoms with Gasteiger partial charge in [-0.25, -0.2) is 4.98 Å². The number of amides is 1. The molecule has 3 rings (SSSR count). The van der Waals surface area contributed by atoms with Crippen LogP contribution in [0.15, 0.2) is 18.6 Å². The van der Waals surface area contributed by atoms with Gasteiger partial charge in [-0.15, -0.1) is 0 Å². The number of ether oxygens (including phenoxy) is 1. The van der Waals surface area contributed by atoms with E-state index >= 15 is 0 Å². The fraction of sp³-hybridized carbons (Fsp3) is 0.615. The van der Waals surface area contributed by atoms with Gasteiger partial charge in [-0.3, -0.25) is 9.78 Å². The Morgan fingerprint density at radius 1 is 1.30 bits per heavy atom. The number of aromatic nitrogens is 2. The molecule has 1 aromatic rings. The summed E-state index contributed by atoms with van der Waals surface area (Å²) in [5.41, 5.74) is 5.30. The second-order valence-corrected chi connectivity index (χ2v) is 5.30. The van der Waals surface area contributed by atoms with Crippen molar-refractivity contribution >= 4 is 11.7 Å². The van der Waals surface area contributed by atoms with Gasteiger partial charge < -0.3 is 20.3 Å². The third-order valence-electron chi connectivity index (χ3n) is 3.92. The molecule has 0 radical (unpaired) electrons. The Kier molecular flexibility index (Phi) is 3.54. The van der Waals surface area contributed by atoms with Crippen molar-refractivity contribution < 1.29 is 9.53 Å². The molecule has 7 nitrogen and oxygen atoms in total. The van der Waals surface area contributed by atoms with Crippen molar-refractivity contribution in [3.8, 4) is 0 Å². The Labute approximate surface area is 117 Å². The molecular formula is C13H19N5O2. The van der Waals surface area contributed by atoms with Crippen molar-refractivity contribution in [2.24, 2.45) is 5.73 Å². The average Bonchev–Trinajstić information content (AvgIpc) is 2.96. The Bertz CT molecular complexity index is 467. The molecule has 7 heteroatoms. The van der Waals surface area contributed by atoms with Crippen LogP contribution in [0.3, 0.4) is 0 Å². The minimum Gasteiger partial charge on any atom is -0.379 e. The predicted octanol–water partition coefficient (Wildman–Crippen LogP) is -0.757. The van der Waals surface area contributed by atoms with E-state index in [4.69, 9.17) is 10.5 Å². The molecule has 2 aliphatic heterocycles. The third-order valence-corrected chi connectivity index (χ3v) is 3.92. The van der Waals surface area contributed by atoms with Crippen molar-refractivity contribution in [2.75, 3.05) is 44.3 Å². The molecule has 0 aliphatic carbocycles. The number of anilines is 1. The van der Waals surface area contributed by atoms with Crippen LogP contribution in [0.4, 0.5) is 5.82 Å². The van der Waals surface area contributed by atoms with Gasteiger partial charge in [0.05, 0.1) is 12.8 Å². The first kappa shape index (κ1) is 13.3. The van der Waals surface area contributed by atoms with Crippen LogP contribution in [-0.4, -0.2) is 65.7 Å². The van der Waals surface area contributed by atoms with Gasteiger partial charge in [0, 0.05) is 45.2 Å². The van der Waals surface area contributed by atoms with Crippen LogP contribution in [0, 0.1) is 0 Å². The van der Waals surface area contributed by atoms with Crippen LogP contribution in [0.5, 0.6) is 0 Å². The summed E-state index contributed by atoms with van der Waals surface area (Å²) in [7, 11) is 0. The molecule has 1 amide bonds. The second-order valence-electron chi connectivity index (χ2n) is 5.30. The lowest BCUT2D eigenvalue weighted by molar-refractivity contribution is -0.137. The number of nitrogens with two attached hydrogens (primary N) is 1. The Hall–Kier alpha value is -1.73. The maximum atomic E-state index is 12.4. The van der Waals surface area contributed by atoms with Gasteiger partial charge in [0.25, 0.3) is 0 Å². The zero-order valence-corrected chi connectivity index (χ0v) is 11.4. The Morgan fingerprint density at radius 3 is 2.70 bits per heavy atom. The first-order valence-corrected chi connectivity index (χ1v) is 6.86. The van der Waals surface area contributed by atoms with Gasteiger partial charge in [-0.05, 0) is 6.42 Å². The first-order valence-electron chi connectivity index (χ1n) is 6.86. The van der Waals surface area contributed by atoms with Crippen LogP contribution in [0.2, 0.25) is 0 Å². The predicted molar refractivity (Wildman–Crippen MR) is 73.2 cm³/mol. The Balaban J connectivity index is 1.60. The van der Waals surface area contributed by atoms with E-state index in [2.05, 4.69) is 14.9 Å². The van der Waals surface area contributed by atoms with Crippen LogP contribution in [-0.2, 0) is 9.53 Å². The molecule has 2 N–H and O–H groups in total. The van der Waals surface area contributed by atoms with Crippen molar-refractivity contribution in [1.29, 1.82) is 0 Å². The standard InChI is InChI=1S/C13H19N5O2/c14-13(1-8-20-10-13)12(19)18-6-4-17(5-7-18)11-9-15-2-3-16-11/h2-3,9H,1,4-8,10,14H2.